The van der Waals surface area contributed by atoms with Crippen LogP contribution >= 0.6 is 0 Å². The van der Waals surface area contributed by atoms with Crippen molar-refractivity contribution in [1.82, 2.24) is 20.3 Å². The zero-order valence-electron chi connectivity index (χ0n) is 26.2. The van der Waals surface area contributed by atoms with E-state index in [1.165, 1.54) is 11.0 Å². The molecule has 12 nitrogen and oxygen atoms in total. The first-order valence-electron chi connectivity index (χ1n) is 14.9. The number of hydrogen-bond acceptors (Lipinski definition) is 8. The molecule has 43 heavy (non-hydrogen) atoms. The van der Waals surface area contributed by atoms with E-state index in [4.69, 9.17) is 9.47 Å². The number of carbonyl (C=O) groups excluding carboxylic acids is 4. The molecule has 0 spiro atoms. The van der Waals surface area contributed by atoms with Gasteiger partial charge < -0.3 is 25.0 Å². The van der Waals surface area contributed by atoms with E-state index in [1.54, 1.807) is 33.8 Å². The molecule has 3 aliphatic rings. The third-order valence-electron chi connectivity index (χ3n) is 8.43. The summed E-state index contributed by atoms with van der Waals surface area (Å²) in [6.45, 7) is 18.4. The maximum Gasteiger partial charge on any atom is 0.408 e. The van der Waals surface area contributed by atoms with Crippen molar-refractivity contribution in [2.24, 2.45) is 11.8 Å². The second-order valence-corrected chi connectivity index (χ2v) is 15.5. The molecule has 1 unspecified atom stereocenters. The van der Waals surface area contributed by atoms with Crippen molar-refractivity contribution in [2.45, 2.75) is 114 Å². The molecule has 1 aliphatic heterocycles. The number of rotatable bonds is 14. The Morgan fingerprint density at radius 1 is 1.14 bits per heavy atom. The van der Waals surface area contributed by atoms with Crippen LogP contribution in [0.4, 0.5) is 4.79 Å². The van der Waals surface area contributed by atoms with Crippen molar-refractivity contribution in [2.75, 3.05) is 13.2 Å². The van der Waals surface area contributed by atoms with Gasteiger partial charge in [0.15, 0.2) is 0 Å². The van der Waals surface area contributed by atoms with Crippen molar-refractivity contribution in [1.29, 1.82) is 0 Å². The Morgan fingerprint density at radius 3 is 2.33 bits per heavy atom. The number of nitrogens with zero attached hydrogens (tertiary/aromatic N) is 1. The maximum absolute atomic E-state index is 14.0. The lowest BCUT2D eigenvalue weighted by Crippen LogP contribution is -2.59. The quantitative estimate of drug-likeness (QED) is 0.249. The van der Waals surface area contributed by atoms with Crippen LogP contribution in [0.25, 0.3) is 0 Å². The van der Waals surface area contributed by atoms with Gasteiger partial charge in [0.05, 0.1) is 17.5 Å². The number of hydrogen-bond donors (Lipinski definition) is 3. The number of sulfonamides is 1. The van der Waals surface area contributed by atoms with Gasteiger partial charge in [0.25, 0.3) is 5.91 Å². The molecule has 3 N–H and O–H groups in total. The molecule has 2 saturated carbocycles. The highest BCUT2D eigenvalue weighted by molar-refractivity contribution is 7.91. The van der Waals surface area contributed by atoms with Crippen molar-refractivity contribution in [3.05, 3.63) is 25.3 Å². The number of likely N-dealkylation sites (tertiary alicyclic amines) is 1. The molecule has 4 amide bonds. The Kier molecular flexibility index (Phi) is 10.4. The van der Waals surface area contributed by atoms with Crippen LogP contribution in [-0.4, -0.2) is 84.4 Å². The molecule has 242 valence electrons. The molecule has 1 heterocycles. The summed E-state index contributed by atoms with van der Waals surface area (Å²) in [5.41, 5.74) is -2.25. The van der Waals surface area contributed by atoms with Crippen LogP contribution in [0.1, 0.15) is 80.1 Å². The molecule has 0 bridgehead atoms. The summed E-state index contributed by atoms with van der Waals surface area (Å²) in [5, 5.41) is 5.47. The fourth-order valence-electron chi connectivity index (χ4n) is 5.44. The number of carbonyl (C=O) groups is 4. The van der Waals surface area contributed by atoms with Gasteiger partial charge in [0.1, 0.15) is 23.2 Å². The minimum Gasteiger partial charge on any atom is -0.444 e. The fourth-order valence-corrected chi connectivity index (χ4v) is 6.75. The summed E-state index contributed by atoms with van der Waals surface area (Å²) in [4.78, 5) is 55.1. The fraction of sp³-hybridized carbons (Fsp3) is 0.733. The van der Waals surface area contributed by atoms with Crippen LogP contribution in [-0.2, 0) is 33.9 Å². The summed E-state index contributed by atoms with van der Waals surface area (Å²) in [7, 11) is -3.92. The molecule has 0 aromatic heterocycles. The molecule has 1 saturated heterocycles. The minimum atomic E-state index is -3.92. The Bertz CT molecular complexity index is 1220. The van der Waals surface area contributed by atoms with Crippen LogP contribution < -0.4 is 15.4 Å². The normalized spacial score (nSPS) is 26.3. The monoisotopic (exact) mass is 624 g/mol. The minimum absolute atomic E-state index is 0.198. The van der Waals surface area contributed by atoms with Crippen LogP contribution in [0.5, 0.6) is 0 Å². The zero-order valence-corrected chi connectivity index (χ0v) is 27.1. The van der Waals surface area contributed by atoms with Gasteiger partial charge in [-0.3, -0.25) is 19.1 Å². The van der Waals surface area contributed by atoms with Crippen LogP contribution in [0, 0.1) is 11.8 Å². The van der Waals surface area contributed by atoms with Gasteiger partial charge >= 0.3 is 6.09 Å². The topological polar surface area (TPSA) is 160 Å². The molecular formula is C30H48N4O8S. The predicted molar refractivity (Wildman–Crippen MR) is 161 cm³/mol. The number of ether oxygens (including phenoxy) is 2. The Morgan fingerprint density at radius 2 is 1.79 bits per heavy atom. The van der Waals surface area contributed by atoms with Gasteiger partial charge in [0, 0.05) is 12.5 Å². The van der Waals surface area contributed by atoms with Crippen LogP contribution in [0.3, 0.4) is 0 Å². The molecular weight excluding hydrogens is 576 g/mol. The van der Waals surface area contributed by atoms with E-state index in [-0.39, 0.29) is 25.0 Å². The first-order valence-corrected chi connectivity index (χ1v) is 16.4. The van der Waals surface area contributed by atoms with E-state index in [0.29, 0.717) is 38.7 Å². The first kappa shape index (κ1) is 34.6. The van der Waals surface area contributed by atoms with Crippen molar-refractivity contribution < 1.29 is 37.1 Å². The summed E-state index contributed by atoms with van der Waals surface area (Å²) >= 11 is 0. The lowest BCUT2D eigenvalue weighted by molar-refractivity contribution is -0.142. The SMILES string of the molecule is C=CCO[C@@H](C)C[C@@H](C)C(NC(=O)OC(C)(C)C)C(=O)N1CCC[C@H]1C(=O)N[C@]1(C(=O)NS(=O)(=O)C2(C)CC2)C[C@H]1C=C. The number of nitrogens with one attached hydrogen (secondary N) is 3. The van der Waals surface area contributed by atoms with Crippen molar-refractivity contribution >= 4 is 33.8 Å². The lowest BCUT2D eigenvalue weighted by atomic mass is 9.94. The second-order valence-electron chi connectivity index (χ2n) is 13.4. The van der Waals surface area contributed by atoms with Crippen molar-refractivity contribution in [3.63, 3.8) is 0 Å². The van der Waals surface area contributed by atoms with Gasteiger partial charge in [-0.05, 0) is 79.1 Å². The molecule has 13 heteroatoms. The summed E-state index contributed by atoms with van der Waals surface area (Å²) < 4.78 is 37.8. The third kappa shape index (κ3) is 8.17. The molecule has 6 atom stereocenters. The third-order valence-corrected chi connectivity index (χ3v) is 10.6. The highest BCUT2D eigenvalue weighted by Gasteiger charge is 2.62. The summed E-state index contributed by atoms with van der Waals surface area (Å²) in [6.07, 6.45) is 4.56. The molecule has 3 fully saturated rings. The second kappa shape index (κ2) is 13.0. The smallest absolute Gasteiger partial charge is 0.408 e. The average Bonchev–Trinajstić information content (AvgIpc) is 3.77. The number of alkyl carbamates (subject to hydrolysis) is 1. The molecule has 0 aromatic rings. The summed E-state index contributed by atoms with van der Waals surface area (Å²) in [5.74, 6) is -2.66. The van der Waals surface area contributed by atoms with E-state index in [2.05, 4.69) is 28.5 Å². The Balaban J connectivity index is 1.78. The van der Waals surface area contributed by atoms with E-state index >= 15 is 0 Å². The average molecular weight is 625 g/mol. The van der Waals surface area contributed by atoms with Gasteiger partial charge in [0.2, 0.25) is 21.8 Å². The molecule has 0 aromatic carbocycles. The van der Waals surface area contributed by atoms with E-state index in [0.717, 1.165) is 0 Å². The first-order chi connectivity index (χ1) is 19.9. The molecule has 2 aliphatic carbocycles. The van der Waals surface area contributed by atoms with Gasteiger partial charge in [-0.25, -0.2) is 13.2 Å². The standard InChI is InChI=1S/C30H48N4O8S/c1-9-16-41-20(4)17-19(3)23(31-27(38)42-28(5,6)7)25(36)34-15-11-12-22(34)24(35)32-30(18-21(30)10-2)26(37)33-43(39,40)29(8)13-14-29/h9-10,19-23H,1-2,11-18H2,3-8H3,(H,31,38)(H,32,35)(H,33,37)/t19-,20+,21-,22+,23?,30-/m1/s1. The predicted octanol–water partition coefficient (Wildman–Crippen LogP) is 2.55. The number of amides is 4. The highest BCUT2D eigenvalue weighted by atomic mass is 32.2. The van der Waals surface area contributed by atoms with Gasteiger partial charge in [-0.1, -0.05) is 19.1 Å². The van der Waals surface area contributed by atoms with Crippen molar-refractivity contribution in [3.8, 4) is 0 Å². The molecule has 0 radical (unpaired) electrons. The van der Waals surface area contributed by atoms with E-state index < -0.39 is 67.7 Å². The van der Waals surface area contributed by atoms with Gasteiger partial charge in [-0.15, -0.1) is 13.2 Å². The maximum atomic E-state index is 14.0. The molecule has 3 rings (SSSR count). The van der Waals surface area contributed by atoms with E-state index in [1.807, 2.05) is 13.8 Å². The van der Waals surface area contributed by atoms with E-state index in [9.17, 15) is 27.6 Å². The van der Waals surface area contributed by atoms with Crippen LogP contribution in [0.15, 0.2) is 25.3 Å². The zero-order chi connectivity index (χ0) is 32.4. The van der Waals surface area contributed by atoms with Gasteiger partial charge in [-0.2, -0.15) is 0 Å². The highest BCUT2D eigenvalue weighted by Crippen LogP contribution is 2.47. The van der Waals surface area contributed by atoms with Crippen LogP contribution in [0.2, 0.25) is 0 Å². The largest absolute Gasteiger partial charge is 0.444 e. The Hall–Kier alpha value is -2.93. The summed E-state index contributed by atoms with van der Waals surface area (Å²) in [6, 6.07) is -1.92. The Labute approximate surface area is 255 Å². The lowest BCUT2D eigenvalue weighted by Gasteiger charge is -2.33.